The van der Waals surface area contributed by atoms with Gasteiger partial charge in [-0.2, -0.15) is 0 Å². The van der Waals surface area contributed by atoms with Crippen LogP contribution in [0.25, 0.3) is 12.2 Å². The second-order valence-corrected chi connectivity index (χ2v) is 6.63. The highest BCUT2D eigenvalue weighted by atomic mass is 32.1. The smallest absolute Gasteiger partial charge is 0.194 e. The fourth-order valence-electron chi connectivity index (χ4n) is 2.38. The third-order valence-electron chi connectivity index (χ3n) is 3.27. The molecule has 0 N–H and O–H groups in total. The van der Waals surface area contributed by atoms with Crippen LogP contribution < -0.4 is 19.9 Å². The molecule has 1 aromatic rings. The first-order valence-corrected chi connectivity index (χ1v) is 8.28. The molecule has 1 aromatic heterocycles. The van der Waals surface area contributed by atoms with E-state index >= 15 is 0 Å². The van der Waals surface area contributed by atoms with Gasteiger partial charge in [-0.15, -0.1) is 0 Å². The fourth-order valence-corrected chi connectivity index (χ4v) is 3.53. The Morgan fingerprint density at radius 1 is 1.29 bits per heavy atom. The summed E-state index contributed by atoms with van der Waals surface area (Å²) < 4.78 is 6.42. The average molecular weight is 306 g/mol. The van der Waals surface area contributed by atoms with Crippen molar-refractivity contribution < 1.29 is 4.74 Å². The summed E-state index contributed by atoms with van der Waals surface area (Å²) in [6.45, 7) is 10.3. The van der Waals surface area contributed by atoms with E-state index in [-0.39, 0.29) is 10.8 Å². The van der Waals surface area contributed by atoms with Crippen molar-refractivity contribution in [2.24, 2.45) is 5.41 Å². The molecule has 0 saturated heterocycles. The van der Waals surface area contributed by atoms with Gasteiger partial charge in [-0.05, 0) is 19.8 Å². The lowest BCUT2D eigenvalue weighted by molar-refractivity contribution is 0.421. The van der Waals surface area contributed by atoms with Crippen LogP contribution in [0.15, 0.2) is 16.9 Å². The molecule has 0 spiro atoms. The van der Waals surface area contributed by atoms with Crippen LogP contribution in [0.5, 0.6) is 5.06 Å². The van der Waals surface area contributed by atoms with E-state index in [1.54, 1.807) is 18.4 Å². The number of hydrogen-bond donors (Lipinski definition) is 0. The monoisotopic (exact) mass is 306 g/mol. The first kappa shape index (κ1) is 17.7. The molecule has 1 rings (SSSR count). The van der Waals surface area contributed by atoms with Crippen LogP contribution >= 0.6 is 11.3 Å². The highest BCUT2D eigenvalue weighted by molar-refractivity contribution is 7.11. The van der Waals surface area contributed by atoms with Gasteiger partial charge in [-0.3, -0.25) is 4.79 Å². The molecule has 1 heterocycles. The molecule has 0 aliphatic carbocycles. The number of rotatable bonds is 5. The summed E-state index contributed by atoms with van der Waals surface area (Å²) in [4.78, 5) is 12.8. The summed E-state index contributed by atoms with van der Waals surface area (Å²) >= 11 is 1.56. The second kappa shape index (κ2) is 7.60. The molecule has 0 radical (unpaired) electrons. The molecule has 0 fully saturated rings. The standard InChI is InChI=1S/C18H26O2S/c1-7-10-15-14(12-18(4,5)11-8-2)16(19)13(9-3)17(20-6)21-15/h8,10-12H,7,9H2,1-6H3/b11-8-,14-12+,15-10+. The lowest BCUT2D eigenvalue weighted by Crippen LogP contribution is -2.40. The maximum absolute atomic E-state index is 12.8. The Morgan fingerprint density at radius 3 is 2.43 bits per heavy atom. The zero-order valence-corrected chi connectivity index (χ0v) is 14.8. The minimum atomic E-state index is -0.142. The Kier molecular flexibility index (Phi) is 6.41. The topological polar surface area (TPSA) is 26.3 Å². The van der Waals surface area contributed by atoms with Crippen LogP contribution in [-0.2, 0) is 6.42 Å². The van der Waals surface area contributed by atoms with Crippen LogP contribution in [-0.4, -0.2) is 7.11 Å². The first-order valence-electron chi connectivity index (χ1n) is 7.47. The van der Waals surface area contributed by atoms with E-state index < -0.39 is 0 Å². The van der Waals surface area contributed by atoms with E-state index in [2.05, 4.69) is 39.0 Å². The molecular weight excluding hydrogens is 280 g/mol. The van der Waals surface area contributed by atoms with Crippen molar-refractivity contribution in [3.05, 3.63) is 37.7 Å². The molecule has 0 aliphatic heterocycles. The molecule has 0 atom stereocenters. The van der Waals surface area contributed by atoms with Crippen molar-refractivity contribution >= 4 is 23.5 Å². The third-order valence-corrected chi connectivity index (χ3v) is 4.48. The molecule has 0 unspecified atom stereocenters. The minimum absolute atomic E-state index is 0.102. The Labute approximate surface area is 131 Å². The van der Waals surface area contributed by atoms with E-state index in [1.165, 1.54) is 0 Å². The minimum Gasteiger partial charge on any atom is -0.487 e. The summed E-state index contributed by atoms with van der Waals surface area (Å²) in [5.74, 6) is 0. The summed E-state index contributed by atoms with van der Waals surface area (Å²) in [7, 11) is 1.63. The zero-order chi connectivity index (χ0) is 16.0. The van der Waals surface area contributed by atoms with E-state index in [4.69, 9.17) is 4.74 Å². The first-order chi connectivity index (χ1) is 9.90. The van der Waals surface area contributed by atoms with Crippen LogP contribution in [0.2, 0.25) is 0 Å². The third kappa shape index (κ3) is 4.31. The van der Waals surface area contributed by atoms with Crippen molar-refractivity contribution in [1.29, 1.82) is 0 Å². The van der Waals surface area contributed by atoms with Crippen molar-refractivity contribution in [3.63, 3.8) is 0 Å². The van der Waals surface area contributed by atoms with Gasteiger partial charge in [0.2, 0.25) is 0 Å². The number of methoxy groups -OCH3 is 1. The maximum Gasteiger partial charge on any atom is 0.194 e. The van der Waals surface area contributed by atoms with Crippen molar-refractivity contribution in [3.8, 4) is 5.06 Å². The maximum atomic E-state index is 12.8. The normalized spacial score (nSPS) is 14.2. The zero-order valence-electron chi connectivity index (χ0n) is 13.9. The van der Waals surface area contributed by atoms with Gasteiger partial charge in [-0.25, -0.2) is 0 Å². The SMILES string of the molecule is C/C=C\C(C)(C)/C=c1/c(=O)c(CC)c(OC)s/c1=C/CC. The largest absolute Gasteiger partial charge is 0.487 e. The lowest BCUT2D eigenvalue weighted by atomic mass is 9.91. The van der Waals surface area contributed by atoms with Gasteiger partial charge >= 0.3 is 0 Å². The summed E-state index contributed by atoms with van der Waals surface area (Å²) in [6.07, 6.45) is 9.91. The van der Waals surface area contributed by atoms with Gasteiger partial charge in [0.05, 0.1) is 12.7 Å². The number of allylic oxidation sites excluding steroid dienone is 2. The summed E-state index contributed by atoms with van der Waals surface area (Å²) in [5, 5.41) is 1.55. The van der Waals surface area contributed by atoms with E-state index in [0.29, 0.717) is 6.42 Å². The van der Waals surface area contributed by atoms with E-state index in [9.17, 15) is 4.79 Å². The summed E-state index contributed by atoms with van der Waals surface area (Å²) in [5.41, 5.74) is 0.736. The molecule has 0 aliphatic rings. The predicted octanol–water partition coefficient (Wildman–Crippen LogP) is 3.25. The predicted molar refractivity (Wildman–Crippen MR) is 93.6 cm³/mol. The Morgan fingerprint density at radius 2 is 1.95 bits per heavy atom. The Bertz CT molecular complexity index is 678. The second-order valence-electron chi connectivity index (χ2n) is 5.61. The molecule has 2 nitrogen and oxygen atoms in total. The van der Waals surface area contributed by atoms with E-state index in [0.717, 1.165) is 26.8 Å². The number of ether oxygens (including phenoxy) is 1. The molecule has 116 valence electrons. The molecule has 0 aromatic carbocycles. The van der Waals surface area contributed by atoms with Crippen molar-refractivity contribution in [2.45, 2.75) is 47.5 Å². The van der Waals surface area contributed by atoms with Crippen LogP contribution in [0.4, 0.5) is 0 Å². The molecular formula is C18H26O2S. The Hall–Kier alpha value is -1.35. The lowest BCUT2D eigenvalue weighted by Gasteiger charge is -2.14. The molecule has 0 bridgehead atoms. The van der Waals surface area contributed by atoms with Crippen LogP contribution in [0, 0.1) is 5.41 Å². The van der Waals surface area contributed by atoms with Gasteiger partial charge in [0, 0.05) is 15.2 Å². The quantitative estimate of drug-likeness (QED) is 0.781. The van der Waals surface area contributed by atoms with Gasteiger partial charge in [0.15, 0.2) is 10.5 Å². The Balaban J connectivity index is 3.84. The molecule has 3 heteroatoms. The van der Waals surface area contributed by atoms with Crippen LogP contribution in [0.1, 0.15) is 46.6 Å². The highest BCUT2D eigenvalue weighted by Gasteiger charge is 2.14. The van der Waals surface area contributed by atoms with Gasteiger partial charge in [0.1, 0.15) is 0 Å². The molecule has 21 heavy (non-hydrogen) atoms. The number of hydrogen-bond acceptors (Lipinski definition) is 3. The highest BCUT2D eigenvalue weighted by Crippen LogP contribution is 2.20. The van der Waals surface area contributed by atoms with Gasteiger partial charge < -0.3 is 4.74 Å². The van der Waals surface area contributed by atoms with Crippen molar-refractivity contribution in [1.82, 2.24) is 0 Å². The summed E-state index contributed by atoms with van der Waals surface area (Å²) in [6, 6.07) is 0. The van der Waals surface area contributed by atoms with Gasteiger partial charge in [-0.1, -0.05) is 63.3 Å². The van der Waals surface area contributed by atoms with Crippen LogP contribution in [0.3, 0.4) is 0 Å². The molecule has 0 saturated carbocycles. The average Bonchev–Trinajstić information content (AvgIpc) is 2.42. The molecule has 0 amide bonds. The fraction of sp³-hybridized carbons (Fsp3) is 0.500. The van der Waals surface area contributed by atoms with Gasteiger partial charge in [0.25, 0.3) is 0 Å². The van der Waals surface area contributed by atoms with Crippen molar-refractivity contribution in [2.75, 3.05) is 7.11 Å². The van der Waals surface area contributed by atoms with E-state index in [1.807, 2.05) is 19.9 Å².